The normalized spacial score (nSPS) is 25.1. The molecule has 0 aliphatic heterocycles. The van der Waals surface area contributed by atoms with E-state index in [1.807, 2.05) is 6.07 Å². The third kappa shape index (κ3) is 6.03. The van der Waals surface area contributed by atoms with Gasteiger partial charge in [-0.15, -0.1) is 0 Å². The highest BCUT2D eigenvalue weighted by Gasteiger charge is 2.38. The van der Waals surface area contributed by atoms with E-state index in [-0.39, 0.29) is 18.3 Å². The molecule has 0 radical (unpaired) electrons. The van der Waals surface area contributed by atoms with Crippen molar-refractivity contribution in [2.45, 2.75) is 62.8 Å². The van der Waals surface area contributed by atoms with E-state index in [1.165, 1.54) is 22.8 Å². The Bertz CT molecular complexity index is 1040. The maximum absolute atomic E-state index is 14.2. The molecule has 3 atom stereocenters. The monoisotopic (exact) mass is 477 g/mol. The quantitative estimate of drug-likeness (QED) is 0.479. The summed E-state index contributed by atoms with van der Waals surface area (Å²) in [4.78, 5) is 18.0. The van der Waals surface area contributed by atoms with Crippen LogP contribution >= 0.6 is 7.82 Å². The average molecular weight is 478 g/mol. The number of nitrogens with two attached hydrogens (primary N) is 1. The molecule has 0 saturated heterocycles. The number of hydrogen-bond donors (Lipinski definition) is 3. The average Bonchev–Trinajstić information content (AvgIpc) is 3.18. The van der Waals surface area contributed by atoms with Gasteiger partial charge in [-0.1, -0.05) is 24.3 Å². The predicted octanol–water partition coefficient (Wildman–Crippen LogP) is 4.65. The minimum absolute atomic E-state index is 0.132. The van der Waals surface area contributed by atoms with Gasteiger partial charge in [0.2, 0.25) is 0 Å². The second-order valence-corrected chi connectivity index (χ2v) is 10.9. The van der Waals surface area contributed by atoms with Crippen molar-refractivity contribution < 1.29 is 28.0 Å². The Hall–Kier alpha value is -1.76. The first-order chi connectivity index (χ1) is 15.7. The highest BCUT2D eigenvalue weighted by Crippen LogP contribution is 2.44. The van der Waals surface area contributed by atoms with Crippen LogP contribution in [0.2, 0.25) is 0 Å². The number of halogens is 1. The molecular formula is C25H33FNO5P. The summed E-state index contributed by atoms with van der Waals surface area (Å²) in [5.41, 5.74) is 10.3. The number of methoxy groups -OCH3 is 1. The summed E-state index contributed by atoms with van der Waals surface area (Å²) >= 11 is 0. The van der Waals surface area contributed by atoms with Gasteiger partial charge in [-0.05, 0) is 92.0 Å². The lowest BCUT2D eigenvalue weighted by molar-refractivity contribution is 0.153. The van der Waals surface area contributed by atoms with Crippen molar-refractivity contribution in [3.05, 3.63) is 64.5 Å². The van der Waals surface area contributed by atoms with Gasteiger partial charge >= 0.3 is 7.82 Å². The van der Waals surface area contributed by atoms with Crippen LogP contribution in [-0.2, 0) is 28.4 Å². The van der Waals surface area contributed by atoms with Crippen LogP contribution in [-0.4, -0.2) is 29.0 Å². The van der Waals surface area contributed by atoms with Gasteiger partial charge in [-0.25, -0.2) is 8.96 Å². The fourth-order valence-corrected chi connectivity index (χ4v) is 5.88. The molecular weight excluding hydrogens is 444 g/mol. The van der Waals surface area contributed by atoms with Crippen molar-refractivity contribution in [2.75, 3.05) is 13.7 Å². The summed E-state index contributed by atoms with van der Waals surface area (Å²) in [6.07, 6.45) is 6.89. The van der Waals surface area contributed by atoms with Crippen molar-refractivity contribution in [3.8, 4) is 5.75 Å². The Morgan fingerprint density at radius 3 is 2.79 bits per heavy atom. The van der Waals surface area contributed by atoms with Gasteiger partial charge < -0.3 is 20.3 Å². The second kappa shape index (κ2) is 9.85. The van der Waals surface area contributed by atoms with Crippen LogP contribution in [0.3, 0.4) is 0 Å². The molecule has 1 fully saturated rings. The summed E-state index contributed by atoms with van der Waals surface area (Å²) in [5.74, 6) is 1.20. The molecule has 0 bridgehead atoms. The Morgan fingerprint density at radius 2 is 2.03 bits per heavy atom. The fraction of sp³-hybridized carbons (Fsp3) is 0.520. The molecule has 8 heteroatoms. The second-order valence-electron chi connectivity index (χ2n) is 9.66. The zero-order valence-electron chi connectivity index (χ0n) is 19.0. The molecule has 6 nitrogen and oxygen atoms in total. The SMILES string of the molecule is COc1cccc(F)c1CC[C@@H]1CCc2cc([C@H]3CC[C@](N)(COP(=O)(O)O)C3)ccc2C1. The van der Waals surface area contributed by atoms with E-state index in [0.717, 1.165) is 32.1 Å². The van der Waals surface area contributed by atoms with Crippen LogP contribution in [0.5, 0.6) is 5.75 Å². The third-order valence-electron chi connectivity index (χ3n) is 7.29. The standard InChI is InChI=1S/C25H33FNO5P/c1-31-24-4-2-3-23(26)22(24)10-6-17-5-7-19-14-20(9-8-18(19)13-17)21-11-12-25(27,15-21)16-32-33(28,29)30/h2-4,8-9,14,17,21H,5-7,10-13,15-16,27H2,1H3,(H2,28,29,30)/t17-,21-,25+/m0/s1. The Labute approximate surface area is 194 Å². The molecule has 33 heavy (non-hydrogen) atoms. The molecule has 2 aromatic carbocycles. The van der Waals surface area contributed by atoms with Gasteiger partial charge in [0.05, 0.1) is 13.7 Å². The highest BCUT2D eigenvalue weighted by atomic mass is 31.2. The summed E-state index contributed by atoms with van der Waals surface area (Å²) in [6.45, 7) is -0.132. The van der Waals surface area contributed by atoms with E-state index in [2.05, 4.69) is 22.7 Å². The lowest BCUT2D eigenvalue weighted by atomic mass is 9.79. The zero-order chi connectivity index (χ0) is 23.6. The lowest BCUT2D eigenvalue weighted by Gasteiger charge is -2.27. The summed E-state index contributed by atoms with van der Waals surface area (Å²) in [5, 5.41) is 0. The zero-order valence-corrected chi connectivity index (χ0v) is 19.9. The van der Waals surface area contributed by atoms with Crippen molar-refractivity contribution >= 4 is 7.82 Å². The number of phosphoric ester groups is 1. The van der Waals surface area contributed by atoms with E-state index in [4.69, 9.17) is 20.3 Å². The first kappa shape index (κ1) is 24.4. The van der Waals surface area contributed by atoms with E-state index >= 15 is 0 Å². The first-order valence-corrected chi connectivity index (χ1v) is 13.1. The number of phosphoric acid groups is 1. The molecule has 4 rings (SSSR count). The Morgan fingerprint density at radius 1 is 1.21 bits per heavy atom. The molecule has 1 saturated carbocycles. The van der Waals surface area contributed by atoms with Gasteiger partial charge in [0.25, 0.3) is 0 Å². The van der Waals surface area contributed by atoms with Gasteiger partial charge in [-0.3, -0.25) is 4.52 Å². The smallest absolute Gasteiger partial charge is 0.469 e. The van der Waals surface area contributed by atoms with Crippen LogP contribution in [0.1, 0.15) is 60.3 Å². The highest BCUT2D eigenvalue weighted by molar-refractivity contribution is 7.46. The van der Waals surface area contributed by atoms with Crippen LogP contribution in [0.4, 0.5) is 4.39 Å². The molecule has 4 N–H and O–H groups in total. The Balaban J connectivity index is 1.36. The number of fused-ring (bicyclic) bond motifs is 1. The number of rotatable bonds is 8. The van der Waals surface area contributed by atoms with Crippen LogP contribution in [0.25, 0.3) is 0 Å². The van der Waals surface area contributed by atoms with Crippen LogP contribution in [0.15, 0.2) is 36.4 Å². The van der Waals surface area contributed by atoms with E-state index < -0.39 is 13.4 Å². The number of hydrogen-bond acceptors (Lipinski definition) is 4. The van der Waals surface area contributed by atoms with E-state index in [0.29, 0.717) is 36.5 Å². The summed E-state index contributed by atoms with van der Waals surface area (Å²) in [7, 11) is -2.94. The first-order valence-electron chi connectivity index (χ1n) is 11.6. The number of ether oxygens (including phenoxy) is 1. The van der Waals surface area contributed by atoms with Crippen LogP contribution in [0, 0.1) is 11.7 Å². The number of aryl methyl sites for hydroxylation is 1. The maximum atomic E-state index is 14.2. The molecule has 0 aromatic heterocycles. The third-order valence-corrected chi connectivity index (χ3v) is 7.76. The van der Waals surface area contributed by atoms with Gasteiger partial charge in [0, 0.05) is 11.1 Å². The van der Waals surface area contributed by atoms with Gasteiger partial charge in [0.15, 0.2) is 0 Å². The van der Waals surface area contributed by atoms with Gasteiger partial charge in [0.1, 0.15) is 11.6 Å². The van der Waals surface area contributed by atoms with E-state index in [9.17, 15) is 8.96 Å². The van der Waals surface area contributed by atoms with Crippen molar-refractivity contribution in [1.82, 2.24) is 0 Å². The molecule has 0 unspecified atom stereocenters. The molecule has 180 valence electrons. The molecule has 0 amide bonds. The Kier molecular flexibility index (Phi) is 7.27. The van der Waals surface area contributed by atoms with E-state index in [1.54, 1.807) is 13.2 Å². The van der Waals surface area contributed by atoms with Crippen molar-refractivity contribution in [2.24, 2.45) is 11.7 Å². The molecule has 2 aliphatic rings. The summed E-state index contributed by atoms with van der Waals surface area (Å²) in [6, 6.07) is 11.6. The topological polar surface area (TPSA) is 102 Å². The van der Waals surface area contributed by atoms with Crippen molar-refractivity contribution in [1.29, 1.82) is 0 Å². The van der Waals surface area contributed by atoms with Gasteiger partial charge in [-0.2, -0.15) is 0 Å². The maximum Gasteiger partial charge on any atom is 0.469 e. The summed E-state index contributed by atoms with van der Waals surface area (Å²) < 4.78 is 35.3. The van der Waals surface area contributed by atoms with Crippen molar-refractivity contribution in [3.63, 3.8) is 0 Å². The molecule has 2 aliphatic carbocycles. The predicted molar refractivity (Wildman–Crippen MR) is 125 cm³/mol. The lowest BCUT2D eigenvalue weighted by Crippen LogP contribution is -2.41. The minimum atomic E-state index is -4.52. The molecule has 0 heterocycles. The fourth-order valence-electron chi connectivity index (χ4n) is 5.46. The number of benzene rings is 2. The molecule has 2 aromatic rings. The molecule has 0 spiro atoms. The minimum Gasteiger partial charge on any atom is -0.496 e. The largest absolute Gasteiger partial charge is 0.496 e. The van der Waals surface area contributed by atoms with Crippen LogP contribution < -0.4 is 10.5 Å².